The molecule has 0 spiro atoms. The number of amides is 2. The van der Waals surface area contributed by atoms with Crippen molar-refractivity contribution in [3.8, 4) is 0 Å². The topological polar surface area (TPSA) is 52.6 Å². The van der Waals surface area contributed by atoms with Crippen molar-refractivity contribution >= 4 is 23.3 Å². The monoisotopic (exact) mass is 274 g/mol. The Bertz CT molecular complexity index is 446. The van der Waals surface area contributed by atoms with Gasteiger partial charge in [-0.2, -0.15) is 0 Å². The largest absolute Gasteiger partial charge is 0.389 e. The van der Waals surface area contributed by atoms with Gasteiger partial charge in [-0.1, -0.05) is 11.6 Å². The molecule has 1 aromatic rings. The molecule has 0 aliphatic carbocycles. The summed E-state index contributed by atoms with van der Waals surface area (Å²) in [5.74, 6) is -0.604. The molecule has 2 N–H and O–H groups in total. The molecule has 0 radical (unpaired) electrons. The number of halogens is 2. The summed E-state index contributed by atoms with van der Waals surface area (Å²) in [6.07, 6.45) is 0. The van der Waals surface area contributed by atoms with Crippen molar-refractivity contribution in [2.75, 3.05) is 18.9 Å². The van der Waals surface area contributed by atoms with E-state index in [4.69, 9.17) is 11.6 Å². The summed E-state index contributed by atoms with van der Waals surface area (Å²) < 4.78 is 13.4. The summed E-state index contributed by atoms with van der Waals surface area (Å²) in [5.41, 5.74) is -0.961. The van der Waals surface area contributed by atoms with Gasteiger partial charge in [-0.25, -0.2) is 9.18 Å². The molecule has 0 aliphatic rings. The number of nitrogens with zero attached hydrogens (tertiary/aromatic N) is 1. The minimum absolute atomic E-state index is 0.0481. The molecule has 1 rings (SSSR count). The van der Waals surface area contributed by atoms with Crippen LogP contribution in [-0.2, 0) is 0 Å². The van der Waals surface area contributed by atoms with Gasteiger partial charge >= 0.3 is 6.03 Å². The van der Waals surface area contributed by atoms with Crippen LogP contribution in [0.5, 0.6) is 0 Å². The summed E-state index contributed by atoms with van der Waals surface area (Å²) >= 11 is 5.61. The predicted molar refractivity (Wildman–Crippen MR) is 69.4 cm³/mol. The maximum absolute atomic E-state index is 13.4. The van der Waals surface area contributed by atoms with Crippen LogP contribution in [-0.4, -0.2) is 35.2 Å². The predicted octanol–water partition coefficient (Wildman–Crippen LogP) is 2.71. The third-order valence-corrected chi connectivity index (χ3v) is 2.38. The normalized spacial score (nSPS) is 11.2. The molecule has 0 unspecified atom stereocenters. The number of hydrogen-bond acceptors (Lipinski definition) is 2. The SMILES string of the molecule is CN(CC(C)(C)O)C(=O)Nc1ccc(Cl)cc1F. The molecule has 0 saturated carbocycles. The van der Waals surface area contributed by atoms with Crippen molar-refractivity contribution in [3.05, 3.63) is 29.0 Å². The summed E-state index contributed by atoms with van der Waals surface area (Å²) in [6, 6.07) is 3.48. The smallest absolute Gasteiger partial charge is 0.321 e. The summed E-state index contributed by atoms with van der Waals surface area (Å²) in [4.78, 5) is 13.0. The second-order valence-corrected chi connectivity index (χ2v) is 5.16. The van der Waals surface area contributed by atoms with E-state index in [1.165, 1.54) is 24.1 Å². The molecule has 0 fully saturated rings. The lowest BCUT2D eigenvalue weighted by atomic mass is 10.1. The lowest BCUT2D eigenvalue weighted by molar-refractivity contribution is 0.0550. The maximum Gasteiger partial charge on any atom is 0.321 e. The Balaban J connectivity index is 2.70. The van der Waals surface area contributed by atoms with E-state index < -0.39 is 17.4 Å². The molecular weight excluding hydrogens is 259 g/mol. The standard InChI is InChI=1S/C12H16ClFN2O2/c1-12(2,18)7-16(3)11(17)15-10-5-4-8(13)6-9(10)14/h4-6,18H,7H2,1-3H3,(H,15,17). The van der Waals surface area contributed by atoms with Crippen LogP contribution in [0, 0.1) is 5.82 Å². The second-order valence-electron chi connectivity index (χ2n) is 4.72. The maximum atomic E-state index is 13.4. The number of aliphatic hydroxyl groups is 1. The minimum Gasteiger partial charge on any atom is -0.389 e. The first-order valence-corrected chi connectivity index (χ1v) is 5.76. The highest BCUT2D eigenvalue weighted by molar-refractivity contribution is 6.30. The van der Waals surface area contributed by atoms with E-state index in [0.717, 1.165) is 6.07 Å². The lowest BCUT2D eigenvalue weighted by Crippen LogP contribution is -2.41. The number of carbonyl (C=O) groups is 1. The fourth-order valence-electron chi connectivity index (χ4n) is 1.45. The van der Waals surface area contributed by atoms with Gasteiger partial charge in [-0.15, -0.1) is 0 Å². The van der Waals surface area contributed by atoms with Gasteiger partial charge in [0.1, 0.15) is 5.82 Å². The molecule has 100 valence electrons. The molecule has 6 heteroatoms. The zero-order chi connectivity index (χ0) is 13.9. The number of benzene rings is 1. The Morgan fingerprint density at radius 1 is 1.56 bits per heavy atom. The lowest BCUT2D eigenvalue weighted by Gasteiger charge is -2.25. The van der Waals surface area contributed by atoms with E-state index in [-0.39, 0.29) is 17.3 Å². The average molecular weight is 275 g/mol. The van der Waals surface area contributed by atoms with Crippen LogP contribution in [0.15, 0.2) is 18.2 Å². The average Bonchev–Trinajstić information content (AvgIpc) is 2.19. The van der Waals surface area contributed by atoms with Crippen LogP contribution in [0.25, 0.3) is 0 Å². The molecule has 4 nitrogen and oxygen atoms in total. The van der Waals surface area contributed by atoms with E-state index in [1.807, 2.05) is 0 Å². The quantitative estimate of drug-likeness (QED) is 0.890. The minimum atomic E-state index is -1.01. The second kappa shape index (κ2) is 5.54. The number of nitrogens with one attached hydrogen (secondary N) is 1. The van der Waals surface area contributed by atoms with Gasteiger partial charge in [-0.05, 0) is 32.0 Å². The summed E-state index contributed by atoms with van der Waals surface area (Å²) in [5, 5.41) is 12.2. The zero-order valence-electron chi connectivity index (χ0n) is 10.5. The number of carbonyl (C=O) groups excluding carboxylic acids is 1. The fourth-order valence-corrected chi connectivity index (χ4v) is 1.61. The highest BCUT2D eigenvalue weighted by atomic mass is 35.5. The van der Waals surface area contributed by atoms with Gasteiger partial charge in [0.15, 0.2) is 0 Å². The summed E-state index contributed by atoms with van der Waals surface area (Å²) in [7, 11) is 1.52. The van der Waals surface area contributed by atoms with Crippen LogP contribution in [0.2, 0.25) is 5.02 Å². The first kappa shape index (κ1) is 14.7. The Labute approximate surface area is 110 Å². The van der Waals surface area contributed by atoms with Crippen molar-refractivity contribution in [3.63, 3.8) is 0 Å². The van der Waals surface area contributed by atoms with Crippen molar-refractivity contribution in [1.82, 2.24) is 4.90 Å². The van der Waals surface area contributed by atoms with Crippen molar-refractivity contribution in [2.24, 2.45) is 0 Å². The van der Waals surface area contributed by atoms with Gasteiger partial charge in [0.2, 0.25) is 0 Å². The number of rotatable bonds is 3. The number of urea groups is 1. The van der Waals surface area contributed by atoms with Crippen molar-refractivity contribution in [1.29, 1.82) is 0 Å². The molecule has 0 saturated heterocycles. The van der Waals surface area contributed by atoms with Gasteiger partial charge in [0, 0.05) is 12.1 Å². The highest BCUT2D eigenvalue weighted by Crippen LogP contribution is 2.19. The van der Waals surface area contributed by atoms with Gasteiger partial charge in [0.25, 0.3) is 0 Å². The molecule has 2 amide bonds. The van der Waals surface area contributed by atoms with Gasteiger partial charge in [-0.3, -0.25) is 0 Å². The van der Waals surface area contributed by atoms with Crippen LogP contribution >= 0.6 is 11.6 Å². The third-order valence-electron chi connectivity index (χ3n) is 2.14. The summed E-state index contributed by atoms with van der Waals surface area (Å²) in [6.45, 7) is 3.30. The van der Waals surface area contributed by atoms with Crippen LogP contribution < -0.4 is 5.32 Å². The highest BCUT2D eigenvalue weighted by Gasteiger charge is 2.19. The Hall–Kier alpha value is -1.33. The fraction of sp³-hybridized carbons (Fsp3) is 0.417. The molecule has 0 aliphatic heterocycles. The van der Waals surface area contributed by atoms with Crippen LogP contribution in [0.1, 0.15) is 13.8 Å². The molecule has 1 aromatic carbocycles. The van der Waals surface area contributed by atoms with Crippen LogP contribution in [0.4, 0.5) is 14.9 Å². The van der Waals surface area contributed by atoms with E-state index in [0.29, 0.717) is 0 Å². The molecule has 0 aromatic heterocycles. The first-order chi connectivity index (χ1) is 8.19. The molecule has 0 heterocycles. The van der Waals surface area contributed by atoms with Crippen molar-refractivity contribution < 1.29 is 14.3 Å². The van der Waals surface area contributed by atoms with E-state index in [2.05, 4.69) is 5.32 Å². The Morgan fingerprint density at radius 3 is 2.67 bits per heavy atom. The van der Waals surface area contributed by atoms with Crippen molar-refractivity contribution in [2.45, 2.75) is 19.4 Å². The van der Waals surface area contributed by atoms with Gasteiger partial charge in [0.05, 0.1) is 17.8 Å². The number of likely N-dealkylation sites (N-methyl/N-ethyl adjacent to an activating group) is 1. The van der Waals surface area contributed by atoms with Crippen LogP contribution in [0.3, 0.4) is 0 Å². The van der Waals surface area contributed by atoms with E-state index in [9.17, 15) is 14.3 Å². The van der Waals surface area contributed by atoms with Gasteiger partial charge < -0.3 is 15.3 Å². The molecule has 0 atom stereocenters. The van der Waals surface area contributed by atoms with E-state index >= 15 is 0 Å². The zero-order valence-corrected chi connectivity index (χ0v) is 11.3. The molecule has 0 bridgehead atoms. The number of hydrogen-bond donors (Lipinski definition) is 2. The Kier molecular flexibility index (Phi) is 4.53. The molecular formula is C12H16ClFN2O2. The Morgan fingerprint density at radius 2 is 2.17 bits per heavy atom. The van der Waals surface area contributed by atoms with E-state index in [1.54, 1.807) is 13.8 Å². The number of anilines is 1. The first-order valence-electron chi connectivity index (χ1n) is 5.38. The molecule has 18 heavy (non-hydrogen) atoms. The third kappa shape index (κ3) is 4.50.